The molecule has 0 amide bonds. The molecule has 0 N–H and O–H groups in total. The molecule has 1 aliphatic carbocycles. The molecule has 0 aromatic heterocycles. The smallest absolute Gasteiger partial charge is 0.266 e. The second kappa shape index (κ2) is 10.6. The van der Waals surface area contributed by atoms with E-state index >= 15 is 0 Å². The van der Waals surface area contributed by atoms with Crippen LogP contribution in [0.3, 0.4) is 0 Å². The van der Waals surface area contributed by atoms with E-state index < -0.39 is 6.08 Å². The predicted octanol–water partition coefficient (Wildman–Crippen LogP) is 4.91. The first-order chi connectivity index (χ1) is 13.2. The number of ether oxygens (including phenoxy) is 4. The first kappa shape index (κ1) is 20.9. The third kappa shape index (κ3) is 6.34. The maximum Gasteiger partial charge on any atom is 0.266 e. The average Bonchev–Trinajstić information content (AvgIpc) is 2.69. The fourth-order valence-electron chi connectivity index (χ4n) is 4.33. The molecule has 27 heavy (non-hydrogen) atoms. The maximum atomic E-state index is 12.1. The molecule has 0 aromatic carbocycles. The lowest BCUT2D eigenvalue weighted by atomic mass is 9.79. The SMILES string of the molecule is C/C=C/C1COC(C2COC(C3CCC(CCC=C(F)F)CC3)OC2)OC1. The Morgan fingerprint density at radius 2 is 1.44 bits per heavy atom. The van der Waals surface area contributed by atoms with Gasteiger partial charge in [0.15, 0.2) is 12.6 Å². The molecule has 0 atom stereocenters. The van der Waals surface area contributed by atoms with E-state index in [1.807, 2.05) is 13.0 Å². The van der Waals surface area contributed by atoms with Crippen molar-refractivity contribution in [2.24, 2.45) is 23.7 Å². The Kier molecular flexibility index (Phi) is 8.24. The van der Waals surface area contributed by atoms with Gasteiger partial charge >= 0.3 is 0 Å². The first-order valence-corrected chi connectivity index (χ1v) is 10.3. The quantitative estimate of drug-likeness (QED) is 0.608. The van der Waals surface area contributed by atoms with E-state index in [1.165, 1.54) is 0 Å². The van der Waals surface area contributed by atoms with Gasteiger partial charge in [0, 0.05) is 11.8 Å². The van der Waals surface area contributed by atoms with Gasteiger partial charge in [-0.3, -0.25) is 0 Å². The van der Waals surface area contributed by atoms with Crippen molar-refractivity contribution in [2.75, 3.05) is 26.4 Å². The van der Waals surface area contributed by atoms with E-state index in [0.29, 0.717) is 50.6 Å². The second-order valence-corrected chi connectivity index (χ2v) is 7.97. The number of halogens is 2. The minimum Gasteiger partial charge on any atom is -0.352 e. The highest BCUT2D eigenvalue weighted by atomic mass is 19.3. The minimum absolute atomic E-state index is 0.117. The zero-order chi connectivity index (χ0) is 19.1. The van der Waals surface area contributed by atoms with E-state index in [4.69, 9.17) is 18.9 Å². The van der Waals surface area contributed by atoms with Gasteiger partial charge in [-0.05, 0) is 57.4 Å². The molecule has 0 unspecified atom stereocenters. The Hall–Kier alpha value is -0.820. The fourth-order valence-corrected chi connectivity index (χ4v) is 4.33. The highest BCUT2D eigenvalue weighted by molar-refractivity contribution is 4.88. The molecule has 0 radical (unpaired) electrons. The molecule has 3 rings (SSSR count). The summed E-state index contributed by atoms with van der Waals surface area (Å²) in [5.74, 6) is 1.40. The zero-order valence-electron chi connectivity index (χ0n) is 16.2. The van der Waals surface area contributed by atoms with Crippen LogP contribution in [0.5, 0.6) is 0 Å². The summed E-state index contributed by atoms with van der Waals surface area (Å²) in [5, 5.41) is 0. The van der Waals surface area contributed by atoms with Gasteiger partial charge in [0.25, 0.3) is 6.08 Å². The molecule has 1 saturated carbocycles. The van der Waals surface area contributed by atoms with Crippen LogP contribution in [0.1, 0.15) is 45.4 Å². The number of hydrogen-bond donors (Lipinski definition) is 0. The van der Waals surface area contributed by atoms with Crippen LogP contribution in [0.25, 0.3) is 0 Å². The molecule has 0 spiro atoms. The third-order valence-corrected chi connectivity index (χ3v) is 5.90. The number of hydrogen-bond acceptors (Lipinski definition) is 4. The van der Waals surface area contributed by atoms with Crippen LogP contribution < -0.4 is 0 Å². The third-order valence-electron chi connectivity index (χ3n) is 5.90. The lowest BCUT2D eigenvalue weighted by molar-refractivity contribution is -0.288. The van der Waals surface area contributed by atoms with Gasteiger partial charge in [-0.25, -0.2) is 0 Å². The van der Waals surface area contributed by atoms with Gasteiger partial charge in [0.2, 0.25) is 0 Å². The summed E-state index contributed by atoms with van der Waals surface area (Å²) in [6.45, 7) is 4.57. The van der Waals surface area contributed by atoms with Crippen LogP contribution >= 0.6 is 0 Å². The van der Waals surface area contributed by atoms with Crippen LogP contribution in [0.15, 0.2) is 24.3 Å². The summed E-state index contributed by atoms with van der Waals surface area (Å²) in [6, 6.07) is 0. The highest BCUT2D eigenvalue weighted by Crippen LogP contribution is 2.36. The number of allylic oxidation sites excluding steroid dienone is 2. The summed E-state index contributed by atoms with van der Waals surface area (Å²) in [5.41, 5.74) is 0. The largest absolute Gasteiger partial charge is 0.352 e. The molecule has 2 heterocycles. The van der Waals surface area contributed by atoms with Gasteiger partial charge < -0.3 is 18.9 Å². The average molecular weight is 386 g/mol. The predicted molar refractivity (Wildman–Crippen MR) is 98.2 cm³/mol. The van der Waals surface area contributed by atoms with Crippen LogP contribution in [0.2, 0.25) is 0 Å². The molecule has 0 bridgehead atoms. The van der Waals surface area contributed by atoms with Crippen molar-refractivity contribution >= 4 is 0 Å². The first-order valence-electron chi connectivity index (χ1n) is 10.3. The van der Waals surface area contributed by atoms with Gasteiger partial charge in [-0.2, -0.15) is 8.78 Å². The normalized spacial score (nSPS) is 38.0. The monoisotopic (exact) mass is 386 g/mol. The zero-order valence-corrected chi connectivity index (χ0v) is 16.2. The van der Waals surface area contributed by atoms with E-state index in [-0.39, 0.29) is 18.5 Å². The van der Waals surface area contributed by atoms with E-state index in [1.54, 1.807) is 0 Å². The van der Waals surface area contributed by atoms with Crippen molar-refractivity contribution in [2.45, 2.75) is 58.0 Å². The van der Waals surface area contributed by atoms with Crippen LogP contribution in [-0.4, -0.2) is 39.0 Å². The summed E-state index contributed by atoms with van der Waals surface area (Å²) < 4.78 is 47.9. The Labute approximate surface area is 160 Å². The Balaban J connectivity index is 1.34. The molecule has 4 nitrogen and oxygen atoms in total. The van der Waals surface area contributed by atoms with Crippen molar-refractivity contribution in [3.63, 3.8) is 0 Å². The van der Waals surface area contributed by atoms with Crippen molar-refractivity contribution in [1.82, 2.24) is 0 Å². The summed E-state index contributed by atoms with van der Waals surface area (Å²) in [6.07, 6.45) is 8.78. The van der Waals surface area contributed by atoms with Crippen LogP contribution in [0.4, 0.5) is 8.78 Å². The molecule has 3 fully saturated rings. The Morgan fingerprint density at radius 1 is 0.852 bits per heavy atom. The number of rotatable bonds is 6. The maximum absolute atomic E-state index is 12.1. The lowest BCUT2D eigenvalue weighted by Gasteiger charge is -2.40. The minimum atomic E-state index is -1.56. The van der Waals surface area contributed by atoms with Gasteiger partial charge in [0.1, 0.15) is 0 Å². The molecule has 154 valence electrons. The van der Waals surface area contributed by atoms with Gasteiger partial charge in [0.05, 0.1) is 32.3 Å². The molecule has 3 aliphatic rings. The summed E-state index contributed by atoms with van der Waals surface area (Å²) >= 11 is 0. The topological polar surface area (TPSA) is 36.9 Å². The molecular weight excluding hydrogens is 354 g/mol. The van der Waals surface area contributed by atoms with E-state index in [9.17, 15) is 8.78 Å². The standard InChI is InChI=1S/C21H32F2O4/c1-2-4-16-11-24-21(25-12-16)18-13-26-20(27-14-18)17-9-7-15(8-10-17)5-3-6-19(22)23/h2,4,6,15-18,20-21H,3,5,7-14H2,1H3/b4-2+. The molecule has 2 aliphatic heterocycles. The Bertz CT molecular complexity index is 482. The van der Waals surface area contributed by atoms with Crippen molar-refractivity contribution < 1.29 is 27.7 Å². The van der Waals surface area contributed by atoms with Gasteiger partial charge in [-0.1, -0.05) is 12.2 Å². The van der Waals surface area contributed by atoms with Gasteiger partial charge in [-0.15, -0.1) is 0 Å². The van der Waals surface area contributed by atoms with Crippen LogP contribution in [0, 0.1) is 23.7 Å². The molecule has 6 heteroatoms. The van der Waals surface area contributed by atoms with Crippen molar-refractivity contribution in [3.05, 3.63) is 24.3 Å². The molecule has 2 saturated heterocycles. The second-order valence-electron chi connectivity index (χ2n) is 7.97. The van der Waals surface area contributed by atoms with E-state index in [2.05, 4.69) is 6.08 Å². The molecular formula is C21H32F2O4. The summed E-state index contributed by atoms with van der Waals surface area (Å²) in [7, 11) is 0. The molecule has 0 aromatic rings. The Morgan fingerprint density at radius 3 is 2.04 bits per heavy atom. The fraction of sp³-hybridized carbons (Fsp3) is 0.810. The van der Waals surface area contributed by atoms with Crippen LogP contribution in [-0.2, 0) is 18.9 Å². The van der Waals surface area contributed by atoms with E-state index in [0.717, 1.165) is 38.2 Å². The summed E-state index contributed by atoms with van der Waals surface area (Å²) in [4.78, 5) is 0. The van der Waals surface area contributed by atoms with Crippen molar-refractivity contribution in [1.29, 1.82) is 0 Å². The lowest BCUT2D eigenvalue weighted by Crippen LogP contribution is -2.46. The highest BCUT2D eigenvalue weighted by Gasteiger charge is 2.36. The van der Waals surface area contributed by atoms with Crippen molar-refractivity contribution in [3.8, 4) is 0 Å².